The first-order valence-corrected chi connectivity index (χ1v) is 6.66. The lowest BCUT2D eigenvalue weighted by molar-refractivity contribution is 0.424. The molecule has 0 spiro atoms. The van der Waals surface area contributed by atoms with E-state index in [1.165, 1.54) is 32.1 Å². The smallest absolute Gasteiger partial charge is 0.254 e. The summed E-state index contributed by atoms with van der Waals surface area (Å²) in [6.45, 7) is 2.01. The highest BCUT2D eigenvalue weighted by atomic mass is 15.4. The minimum atomic E-state index is 0.618. The quantitative estimate of drug-likeness (QED) is 0.813. The Morgan fingerprint density at radius 1 is 1.28 bits per heavy atom. The van der Waals surface area contributed by atoms with Crippen LogP contribution in [0.15, 0.2) is 12.4 Å². The molecule has 0 aliphatic heterocycles. The highest BCUT2D eigenvalue weighted by Gasteiger charge is 2.20. The molecule has 1 saturated carbocycles. The second-order valence-electron chi connectivity index (χ2n) is 5.13. The van der Waals surface area contributed by atoms with Gasteiger partial charge in [-0.25, -0.2) is 4.98 Å². The van der Waals surface area contributed by atoms with Gasteiger partial charge in [-0.05, 0) is 19.8 Å². The Morgan fingerprint density at radius 3 is 2.83 bits per heavy atom. The lowest BCUT2D eigenvalue weighted by atomic mass is 9.94. The Kier molecular flexibility index (Phi) is 2.89. The molecular formula is C13H19N5. The number of rotatable bonds is 2. The Labute approximate surface area is 107 Å². The zero-order chi connectivity index (χ0) is 12.5. The van der Waals surface area contributed by atoms with E-state index in [1.54, 1.807) is 6.33 Å². The standard InChI is InChI=1S/C13H19N5/c1-10-8-12(18-13(16-10)14-9-15-18)17(2)11-6-4-3-5-7-11/h8-9,11H,3-7H2,1-2H3. The average molecular weight is 245 g/mol. The van der Waals surface area contributed by atoms with Gasteiger partial charge in [-0.3, -0.25) is 0 Å². The second kappa shape index (κ2) is 4.55. The molecule has 0 aromatic carbocycles. The lowest BCUT2D eigenvalue weighted by Gasteiger charge is -2.32. The third-order valence-electron chi connectivity index (χ3n) is 3.84. The van der Waals surface area contributed by atoms with Crippen LogP contribution in [0.2, 0.25) is 0 Å². The maximum absolute atomic E-state index is 4.39. The molecule has 0 radical (unpaired) electrons. The predicted octanol–water partition coefficient (Wildman–Crippen LogP) is 2.20. The molecule has 3 rings (SSSR count). The molecule has 0 bridgehead atoms. The van der Waals surface area contributed by atoms with Crippen LogP contribution in [0.3, 0.4) is 0 Å². The van der Waals surface area contributed by atoms with Gasteiger partial charge in [0.15, 0.2) is 0 Å². The molecule has 0 atom stereocenters. The molecular weight excluding hydrogens is 226 g/mol. The van der Waals surface area contributed by atoms with Gasteiger partial charge in [-0.1, -0.05) is 19.3 Å². The minimum Gasteiger partial charge on any atom is -0.356 e. The summed E-state index contributed by atoms with van der Waals surface area (Å²) in [6.07, 6.45) is 8.15. The number of hydrogen-bond donors (Lipinski definition) is 0. The summed E-state index contributed by atoms with van der Waals surface area (Å²) in [5.41, 5.74) is 0.994. The number of anilines is 1. The Bertz CT molecular complexity index is 541. The van der Waals surface area contributed by atoms with Crippen LogP contribution in [0.25, 0.3) is 5.78 Å². The van der Waals surface area contributed by atoms with E-state index in [-0.39, 0.29) is 0 Å². The van der Waals surface area contributed by atoms with E-state index >= 15 is 0 Å². The Morgan fingerprint density at radius 2 is 2.06 bits per heavy atom. The summed E-state index contributed by atoms with van der Waals surface area (Å²) in [4.78, 5) is 10.9. The molecule has 2 aromatic heterocycles. The van der Waals surface area contributed by atoms with Crippen molar-refractivity contribution in [2.75, 3.05) is 11.9 Å². The first kappa shape index (κ1) is 11.4. The van der Waals surface area contributed by atoms with E-state index < -0.39 is 0 Å². The number of aryl methyl sites for hydroxylation is 1. The normalized spacial score (nSPS) is 17.2. The van der Waals surface area contributed by atoms with Crippen molar-refractivity contribution in [3.05, 3.63) is 18.1 Å². The van der Waals surface area contributed by atoms with Crippen LogP contribution >= 0.6 is 0 Å². The highest BCUT2D eigenvalue weighted by molar-refractivity contribution is 5.47. The summed E-state index contributed by atoms with van der Waals surface area (Å²) in [5.74, 6) is 1.79. The molecule has 2 heterocycles. The maximum atomic E-state index is 4.39. The van der Waals surface area contributed by atoms with Gasteiger partial charge in [-0.15, -0.1) is 0 Å². The van der Waals surface area contributed by atoms with E-state index in [2.05, 4.69) is 33.1 Å². The molecule has 1 fully saturated rings. The number of aromatic nitrogens is 4. The molecule has 2 aromatic rings. The average Bonchev–Trinajstić information content (AvgIpc) is 2.86. The first-order valence-electron chi connectivity index (χ1n) is 6.66. The number of nitrogens with zero attached hydrogens (tertiary/aromatic N) is 5. The predicted molar refractivity (Wildman–Crippen MR) is 70.8 cm³/mol. The van der Waals surface area contributed by atoms with E-state index in [0.29, 0.717) is 11.8 Å². The fraction of sp³-hybridized carbons (Fsp3) is 0.615. The van der Waals surface area contributed by atoms with Crippen molar-refractivity contribution in [3.8, 4) is 0 Å². The van der Waals surface area contributed by atoms with Gasteiger partial charge < -0.3 is 4.90 Å². The van der Waals surface area contributed by atoms with Gasteiger partial charge >= 0.3 is 0 Å². The van der Waals surface area contributed by atoms with Crippen molar-refractivity contribution < 1.29 is 0 Å². The van der Waals surface area contributed by atoms with Crippen LogP contribution in [-0.4, -0.2) is 32.7 Å². The number of hydrogen-bond acceptors (Lipinski definition) is 4. The topological polar surface area (TPSA) is 46.3 Å². The Balaban J connectivity index is 1.99. The maximum Gasteiger partial charge on any atom is 0.254 e. The van der Waals surface area contributed by atoms with Crippen LogP contribution in [0.1, 0.15) is 37.8 Å². The van der Waals surface area contributed by atoms with Crippen LogP contribution in [-0.2, 0) is 0 Å². The van der Waals surface area contributed by atoms with Gasteiger partial charge in [-0.2, -0.15) is 14.6 Å². The van der Waals surface area contributed by atoms with Crippen LogP contribution in [0, 0.1) is 6.92 Å². The molecule has 5 nitrogen and oxygen atoms in total. The summed E-state index contributed by atoms with van der Waals surface area (Å²) in [7, 11) is 2.16. The fourth-order valence-corrected chi connectivity index (χ4v) is 2.82. The fourth-order valence-electron chi connectivity index (χ4n) is 2.82. The summed E-state index contributed by atoms with van der Waals surface area (Å²) in [6, 6.07) is 2.71. The van der Waals surface area contributed by atoms with Crippen LogP contribution < -0.4 is 4.90 Å². The van der Waals surface area contributed by atoms with Crippen molar-refractivity contribution in [2.24, 2.45) is 0 Å². The molecule has 0 saturated heterocycles. The van der Waals surface area contributed by atoms with Crippen molar-refractivity contribution in [1.29, 1.82) is 0 Å². The van der Waals surface area contributed by atoms with E-state index in [4.69, 9.17) is 0 Å². The molecule has 0 N–H and O–H groups in total. The zero-order valence-electron chi connectivity index (χ0n) is 11.0. The first-order chi connectivity index (χ1) is 8.75. The molecule has 0 unspecified atom stereocenters. The van der Waals surface area contributed by atoms with Gasteiger partial charge in [0.05, 0.1) is 0 Å². The molecule has 5 heteroatoms. The van der Waals surface area contributed by atoms with Crippen LogP contribution in [0.5, 0.6) is 0 Å². The van der Waals surface area contributed by atoms with Crippen molar-refractivity contribution in [2.45, 2.75) is 45.1 Å². The third kappa shape index (κ3) is 1.94. The second-order valence-corrected chi connectivity index (χ2v) is 5.13. The molecule has 96 valence electrons. The van der Waals surface area contributed by atoms with Gasteiger partial charge in [0, 0.05) is 24.8 Å². The van der Waals surface area contributed by atoms with Gasteiger partial charge in [0.1, 0.15) is 12.1 Å². The SMILES string of the molecule is Cc1cc(N(C)C2CCCCC2)n2ncnc2n1. The van der Waals surface area contributed by atoms with E-state index in [0.717, 1.165) is 11.5 Å². The highest BCUT2D eigenvalue weighted by Crippen LogP contribution is 2.26. The summed E-state index contributed by atoms with van der Waals surface area (Å²) >= 11 is 0. The molecule has 1 aliphatic rings. The monoisotopic (exact) mass is 245 g/mol. The summed E-state index contributed by atoms with van der Waals surface area (Å²) in [5, 5.41) is 4.28. The molecule has 18 heavy (non-hydrogen) atoms. The molecule has 0 amide bonds. The Hall–Kier alpha value is -1.65. The van der Waals surface area contributed by atoms with E-state index in [9.17, 15) is 0 Å². The molecule has 1 aliphatic carbocycles. The van der Waals surface area contributed by atoms with Gasteiger partial charge in [0.25, 0.3) is 5.78 Å². The van der Waals surface area contributed by atoms with Crippen molar-refractivity contribution >= 4 is 11.6 Å². The third-order valence-corrected chi connectivity index (χ3v) is 3.84. The van der Waals surface area contributed by atoms with Crippen molar-refractivity contribution in [1.82, 2.24) is 19.6 Å². The largest absolute Gasteiger partial charge is 0.356 e. The number of fused-ring (bicyclic) bond motifs is 1. The van der Waals surface area contributed by atoms with E-state index in [1.807, 2.05) is 11.4 Å². The zero-order valence-corrected chi connectivity index (χ0v) is 11.0. The minimum absolute atomic E-state index is 0.618. The van der Waals surface area contributed by atoms with Crippen molar-refractivity contribution in [3.63, 3.8) is 0 Å². The van der Waals surface area contributed by atoms with Crippen LogP contribution in [0.4, 0.5) is 5.82 Å². The lowest BCUT2D eigenvalue weighted by Crippen LogP contribution is -2.34. The summed E-state index contributed by atoms with van der Waals surface area (Å²) < 4.78 is 1.83. The van der Waals surface area contributed by atoms with Gasteiger partial charge in [0.2, 0.25) is 0 Å².